The molecule has 0 aliphatic heterocycles. The van der Waals surface area contributed by atoms with Gasteiger partial charge in [-0.1, -0.05) is 26.7 Å². The molecule has 1 amide bonds. The van der Waals surface area contributed by atoms with Crippen molar-refractivity contribution in [3.8, 4) is 0 Å². The number of hydrogen-bond acceptors (Lipinski definition) is 2. The van der Waals surface area contributed by atoms with Gasteiger partial charge in [-0.15, -0.1) is 0 Å². The molecule has 0 bridgehead atoms. The summed E-state index contributed by atoms with van der Waals surface area (Å²) in [4.78, 5) is 16.2. The molecular weight excluding hydrogens is 280 g/mol. The van der Waals surface area contributed by atoms with Crippen molar-refractivity contribution >= 4 is 27.7 Å². The average Bonchev–Trinajstić information content (AvgIpc) is 2.32. The molecular formula is C13H19BrN2O. The van der Waals surface area contributed by atoms with Crippen LogP contribution in [-0.2, 0) is 4.79 Å². The van der Waals surface area contributed by atoms with Gasteiger partial charge in [-0.25, -0.2) is 4.98 Å². The summed E-state index contributed by atoms with van der Waals surface area (Å²) < 4.78 is 0.820. The molecule has 1 aromatic rings. The molecule has 0 fully saturated rings. The van der Waals surface area contributed by atoms with Crippen molar-refractivity contribution in [3.63, 3.8) is 0 Å². The summed E-state index contributed by atoms with van der Waals surface area (Å²) in [6.45, 7) is 4.21. The van der Waals surface area contributed by atoms with Gasteiger partial charge < -0.3 is 5.32 Å². The standard InChI is InChI=1S/C13H19BrN2O/c1-3-6-10(7-4-2)13(17)16-12-11(14)8-5-9-15-12/h5,8-10H,3-4,6-7H2,1-2H3,(H,15,16,17). The van der Waals surface area contributed by atoms with Gasteiger partial charge in [0, 0.05) is 12.1 Å². The molecule has 1 N–H and O–H groups in total. The first-order chi connectivity index (χ1) is 8.19. The maximum absolute atomic E-state index is 12.1. The van der Waals surface area contributed by atoms with Crippen LogP contribution in [0.25, 0.3) is 0 Å². The lowest BCUT2D eigenvalue weighted by molar-refractivity contribution is -0.120. The fraction of sp³-hybridized carbons (Fsp3) is 0.538. The first kappa shape index (κ1) is 14.2. The van der Waals surface area contributed by atoms with Crippen molar-refractivity contribution in [2.45, 2.75) is 39.5 Å². The van der Waals surface area contributed by atoms with E-state index < -0.39 is 0 Å². The zero-order chi connectivity index (χ0) is 12.7. The van der Waals surface area contributed by atoms with Crippen LogP contribution in [0.1, 0.15) is 39.5 Å². The lowest BCUT2D eigenvalue weighted by Gasteiger charge is -2.15. The second kappa shape index (κ2) is 7.43. The predicted octanol–water partition coefficient (Wildman–Crippen LogP) is 4.00. The lowest BCUT2D eigenvalue weighted by atomic mass is 9.97. The smallest absolute Gasteiger partial charge is 0.228 e. The normalized spacial score (nSPS) is 10.6. The molecule has 0 unspecified atom stereocenters. The van der Waals surface area contributed by atoms with Crippen LogP contribution in [-0.4, -0.2) is 10.9 Å². The molecule has 0 saturated heterocycles. The molecule has 1 rings (SSSR count). The Balaban J connectivity index is 2.66. The SMILES string of the molecule is CCCC(CCC)C(=O)Nc1ncccc1Br. The molecule has 0 aliphatic rings. The van der Waals surface area contributed by atoms with E-state index in [4.69, 9.17) is 0 Å². The van der Waals surface area contributed by atoms with Gasteiger partial charge in [-0.05, 0) is 40.9 Å². The monoisotopic (exact) mass is 298 g/mol. The quantitative estimate of drug-likeness (QED) is 0.862. The van der Waals surface area contributed by atoms with E-state index in [0.29, 0.717) is 5.82 Å². The van der Waals surface area contributed by atoms with Gasteiger partial charge in [0.1, 0.15) is 5.82 Å². The van der Waals surface area contributed by atoms with Crippen LogP contribution in [0.5, 0.6) is 0 Å². The van der Waals surface area contributed by atoms with Gasteiger partial charge >= 0.3 is 0 Å². The molecule has 0 atom stereocenters. The third kappa shape index (κ3) is 4.46. The first-order valence-corrected chi connectivity index (χ1v) is 6.89. The molecule has 3 nitrogen and oxygen atoms in total. The van der Waals surface area contributed by atoms with E-state index in [1.807, 2.05) is 12.1 Å². The van der Waals surface area contributed by atoms with E-state index in [1.165, 1.54) is 0 Å². The number of aromatic nitrogens is 1. The average molecular weight is 299 g/mol. The summed E-state index contributed by atoms with van der Waals surface area (Å²) in [5.41, 5.74) is 0. The molecule has 0 radical (unpaired) electrons. The second-order valence-corrected chi connectivity index (χ2v) is 4.95. The topological polar surface area (TPSA) is 42.0 Å². The number of nitrogens with one attached hydrogen (secondary N) is 1. The molecule has 1 aromatic heterocycles. The molecule has 0 aliphatic carbocycles. The van der Waals surface area contributed by atoms with Gasteiger partial charge in [-0.3, -0.25) is 4.79 Å². The number of nitrogens with zero attached hydrogens (tertiary/aromatic N) is 1. The zero-order valence-electron chi connectivity index (χ0n) is 10.4. The van der Waals surface area contributed by atoms with Crippen molar-refractivity contribution < 1.29 is 4.79 Å². The van der Waals surface area contributed by atoms with Crippen molar-refractivity contribution in [2.75, 3.05) is 5.32 Å². The van der Waals surface area contributed by atoms with Gasteiger partial charge in [0.2, 0.25) is 5.91 Å². The minimum Gasteiger partial charge on any atom is -0.310 e. The van der Waals surface area contributed by atoms with Gasteiger partial charge in [0.15, 0.2) is 0 Å². The molecule has 94 valence electrons. The molecule has 0 spiro atoms. The van der Waals surface area contributed by atoms with Gasteiger partial charge in [0.25, 0.3) is 0 Å². The van der Waals surface area contributed by atoms with Gasteiger partial charge in [0.05, 0.1) is 4.47 Å². The third-order valence-electron chi connectivity index (χ3n) is 2.65. The summed E-state index contributed by atoms with van der Waals surface area (Å²) >= 11 is 3.37. The van der Waals surface area contributed by atoms with Crippen LogP contribution in [0, 0.1) is 5.92 Å². The third-order valence-corrected chi connectivity index (χ3v) is 3.29. The molecule has 0 saturated carbocycles. The first-order valence-electron chi connectivity index (χ1n) is 6.10. The number of rotatable bonds is 6. The van der Waals surface area contributed by atoms with E-state index in [-0.39, 0.29) is 11.8 Å². The number of anilines is 1. The summed E-state index contributed by atoms with van der Waals surface area (Å²) in [5.74, 6) is 0.779. The molecule has 17 heavy (non-hydrogen) atoms. The summed E-state index contributed by atoms with van der Waals surface area (Å²) in [7, 11) is 0. The number of amides is 1. The number of hydrogen-bond donors (Lipinski definition) is 1. The second-order valence-electron chi connectivity index (χ2n) is 4.10. The van der Waals surface area contributed by atoms with E-state index in [1.54, 1.807) is 6.20 Å². The summed E-state index contributed by atoms with van der Waals surface area (Å²) in [6.07, 6.45) is 5.60. The van der Waals surface area contributed by atoms with Gasteiger partial charge in [-0.2, -0.15) is 0 Å². The fourth-order valence-electron chi connectivity index (χ4n) is 1.80. The molecule has 4 heteroatoms. The van der Waals surface area contributed by atoms with Crippen LogP contribution in [0.4, 0.5) is 5.82 Å². The molecule has 1 heterocycles. The minimum absolute atomic E-state index is 0.0769. The lowest BCUT2D eigenvalue weighted by Crippen LogP contribution is -2.23. The van der Waals surface area contributed by atoms with Crippen molar-refractivity contribution in [1.82, 2.24) is 4.98 Å². The van der Waals surface area contributed by atoms with Crippen molar-refractivity contribution in [3.05, 3.63) is 22.8 Å². The minimum atomic E-state index is 0.0769. The van der Waals surface area contributed by atoms with E-state index in [9.17, 15) is 4.79 Å². The van der Waals surface area contributed by atoms with E-state index >= 15 is 0 Å². The maximum Gasteiger partial charge on any atom is 0.228 e. The van der Waals surface area contributed by atoms with Crippen molar-refractivity contribution in [1.29, 1.82) is 0 Å². The number of carbonyl (C=O) groups excluding carboxylic acids is 1. The summed E-state index contributed by atoms with van der Waals surface area (Å²) in [5, 5.41) is 2.88. The highest BCUT2D eigenvalue weighted by atomic mass is 79.9. The largest absolute Gasteiger partial charge is 0.310 e. The number of carbonyl (C=O) groups is 1. The van der Waals surface area contributed by atoms with Crippen molar-refractivity contribution in [2.24, 2.45) is 5.92 Å². The number of halogens is 1. The zero-order valence-corrected chi connectivity index (χ0v) is 12.0. The predicted molar refractivity (Wildman–Crippen MR) is 73.9 cm³/mol. The maximum atomic E-state index is 12.1. The van der Waals surface area contributed by atoms with Crippen LogP contribution < -0.4 is 5.32 Å². The highest BCUT2D eigenvalue weighted by Crippen LogP contribution is 2.21. The molecule has 0 aromatic carbocycles. The Morgan fingerprint density at radius 1 is 1.41 bits per heavy atom. The highest BCUT2D eigenvalue weighted by molar-refractivity contribution is 9.10. The Labute approximate surface area is 111 Å². The van der Waals surface area contributed by atoms with Crippen LogP contribution >= 0.6 is 15.9 Å². The number of pyridine rings is 1. The Morgan fingerprint density at radius 2 is 2.06 bits per heavy atom. The fourth-order valence-corrected chi connectivity index (χ4v) is 2.15. The Morgan fingerprint density at radius 3 is 2.59 bits per heavy atom. The van der Waals surface area contributed by atoms with E-state index in [2.05, 4.69) is 40.1 Å². The van der Waals surface area contributed by atoms with E-state index in [0.717, 1.165) is 30.2 Å². The van der Waals surface area contributed by atoms with Crippen LogP contribution in [0.15, 0.2) is 22.8 Å². The van der Waals surface area contributed by atoms with Crippen LogP contribution in [0.2, 0.25) is 0 Å². The highest BCUT2D eigenvalue weighted by Gasteiger charge is 2.17. The Hall–Kier alpha value is -0.900. The Kier molecular flexibility index (Phi) is 6.19. The summed E-state index contributed by atoms with van der Waals surface area (Å²) in [6, 6.07) is 3.70. The van der Waals surface area contributed by atoms with Crippen LogP contribution in [0.3, 0.4) is 0 Å². The Bertz CT molecular complexity index is 362.